The van der Waals surface area contributed by atoms with Crippen molar-refractivity contribution in [2.45, 2.75) is 13.3 Å². The van der Waals surface area contributed by atoms with E-state index in [-0.39, 0.29) is 12.3 Å². The Kier molecular flexibility index (Phi) is 5.47. The highest BCUT2D eigenvalue weighted by Crippen LogP contribution is 2.21. The summed E-state index contributed by atoms with van der Waals surface area (Å²) >= 11 is 0. The highest BCUT2D eigenvalue weighted by atomic mass is 16.6. The summed E-state index contributed by atoms with van der Waals surface area (Å²) in [6.45, 7) is 1.52. The zero-order valence-corrected chi connectivity index (χ0v) is 13.0. The molecule has 0 radical (unpaired) electrons. The minimum Gasteiger partial charge on any atom is -0.484 e. The zero-order valence-electron chi connectivity index (χ0n) is 13.0. The van der Waals surface area contributed by atoms with Crippen LogP contribution in [0.15, 0.2) is 42.5 Å². The normalized spacial score (nSPS) is 9.83. The van der Waals surface area contributed by atoms with Crippen LogP contribution in [0.3, 0.4) is 0 Å². The molecule has 0 saturated heterocycles. The number of nitrogens with zero attached hydrogens (tertiary/aromatic N) is 2. The number of carbonyl (C=O) groups is 1. The summed E-state index contributed by atoms with van der Waals surface area (Å²) in [5.74, 6) is 0.0855. The quantitative estimate of drug-likeness (QED) is 0.649. The van der Waals surface area contributed by atoms with E-state index in [1.54, 1.807) is 37.3 Å². The Balaban J connectivity index is 1.95. The molecule has 1 amide bonds. The molecule has 1 N–H and O–H groups in total. The summed E-state index contributed by atoms with van der Waals surface area (Å²) in [6, 6.07) is 13.2. The van der Waals surface area contributed by atoms with Crippen LogP contribution in [-0.2, 0) is 11.2 Å². The summed E-state index contributed by atoms with van der Waals surface area (Å²) in [5, 5.41) is 22.0. The lowest BCUT2D eigenvalue weighted by Crippen LogP contribution is -2.20. The maximum atomic E-state index is 11.9. The molecule has 0 fully saturated rings. The van der Waals surface area contributed by atoms with Gasteiger partial charge in [-0.3, -0.25) is 14.9 Å². The fourth-order valence-corrected chi connectivity index (χ4v) is 1.99. The second-order valence-electron chi connectivity index (χ2n) is 5.07. The molecule has 7 nitrogen and oxygen atoms in total. The fourth-order valence-electron chi connectivity index (χ4n) is 1.99. The maximum Gasteiger partial charge on any atom is 0.271 e. The maximum absolute atomic E-state index is 11.9. The van der Waals surface area contributed by atoms with Crippen LogP contribution in [0.4, 0.5) is 11.4 Å². The number of ether oxygens (including phenoxy) is 1. The molecule has 0 heterocycles. The van der Waals surface area contributed by atoms with Gasteiger partial charge in [0.2, 0.25) is 0 Å². The van der Waals surface area contributed by atoms with E-state index in [9.17, 15) is 14.9 Å². The van der Waals surface area contributed by atoms with Crippen molar-refractivity contribution in [1.29, 1.82) is 5.26 Å². The van der Waals surface area contributed by atoms with Gasteiger partial charge in [0, 0.05) is 12.1 Å². The van der Waals surface area contributed by atoms with Crippen molar-refractivity contribution in [3.63, 3.8) is 0 Å². The van der Waals surface area contributed by atoms with Gasteiger partial charge in [0.15, 0.2) is 6.61 Å². The summed E-state index contributed by atoms with van der Waals surface area (Å²) in [7, 11) is 0. The molecule has 0 aromatic heterocycles. The van der Waals surface area contributed by atoms with Crippen molar-refractivity contribution >= 4 is 17.3 Å². The molecule has 0 aliphatic carbocycles. The highest BCUT2D eigenvalue weighted by Gasteiger charge is 2.11. The van der Waals surface area contributed by atoms with Gasteiger partial charge in [-0.2, -0.15) is 5.26 Å². The molecule has 24 heavy (non-hydrogen) atoms. The third-order valence-electron chi connectivity index (χ3n) is 3.28. The zero-order chi connectivity index (χ0) is 17.5. The molecule has 2 rings (SSSR count). The molecule has 0 spiro atoms. The van der Waals surface area contributed by atoms with Crippen LogP contribution in [0.2, 0.25) is 0 Å². The van der Waals surface area contributed by atoms with E-state index in [1.807, 2.05) is 6.07 Å². The van der Waals surface area contributed by atoms with E-state index < -0.39 is 10.8 Å². The Morgan fingerprint density at radius 3 is 2.62 bits per heavy atom. The van der Waals surface area contributed by atoms with Gasteiger partial charge in [-0.05, 0) is 30.2 Å². The molecule has 0 saturated carbocycles. The summed E-state index contributed by atoms with van der Waals surface area (Å²) in [6.07, 6.45) is 0.312. The molecule has 0 aliphatic heterocycles. The number of nitro groups is 1. The molecule has 0 unspecified atom stereocenters. The SMILES string of the molecule is Cc1ccc([N+](=O)[O-])cc1NC(=O)COc1ccc(CC#N)cc1. The number of non-ortho nitro benzene ring substituents is 1. The first-order valence-corrected chi connectivity index (χ1v) is 7.13. The number of nitrogens with one attached hydrogen (secondary N) is 1. The number of aryl methyl sites for hydroxylation is 1. The average Bonchev–Trinajstić information content (AvgIpc) is 2.56. The van der Waals surface area contributed by atoms with E-state index in [0.717, 1.165) is 11.1 Å². The highest BCUT2D eigenvalue weighted by molar-refractivity contribution is 5.93. The standard InChI is InChI=1S/C17H15N3O4/c1-12-2-5-14(20(22)23)10-16(12)19-17(21)11-24-15-6-3-13(4-7-15)8-9-18/h2-7,10H,8,11H2,1H3,(H,19,21). The number of anilines is 1. The Morgan fingerprint density at radius 2 is 2.00 bits per heavy atom. The lowest BCUT2D eigenvalue weighted by Gasteiger charge is -2.09. The first kappa shape index (κ1) is 17.0. The third-order valence-corrected chi connectivity index (χ3v) is 3.28. The van der Waals surface area contributed by atoms with Crippen molar-refractivity contribution < 1.29 is 14.5 Å². The van der Waals surface area contributed by atoms with Crippen LogP contribution < -0.4 is 10.1 Å². The monoisotopic (exact) mass is 325 g/mol. The van der Waals surface area contributed by atoms with Crippen LogP contribution in [0, 0.1) is 28.4 Å². The van der Waals surface area contributed by atoms with Crippen LogP contribution in [-0.4, -0.2) is 17.4 Å². The van der Waals surface area contributed by atoms with Gasteiger partial charge in [0.25, 0.3) is 11.6 Å². The number of hydrogen-bond donors (Lipinski definition) is 1. The van der Waals surface area contributed by atoms with Crippen molar-refractivity contribution in [2.75, 3.05) is 11.9 Å². The second-order valence-corrected chi connectivity index (χ2v) is 5.07. The number of rotatable bonds is 6. The van der Waals surface area contributed by atoms with Crippen molar-refractivity contribution in [2.24, 2.45) is 0 Å². The molecule has 2 aromatic carbocycles. The fraction of sp³-hybridized carbons (Fsp3) is 0.176. The Morgan fingerprint density at radius 1 is 1.29 bits per heavy atom. The van der Waals surface area contributed by atoms with Gasteiger partial charge >= 0.3 is 0 Å². The van der Waals surface area contributed by atoms with E-state index in [4.69, 9.17) is 10.00 Å². The Hall–Kier alpha value is -3.40. The minimum atomic E-state index is -0.519. The van der Waals surface area contributed by atoms with Crippen molar-refractivity contribution in [1.82, 2.24) is 0 Å². The number of hydrogen-bond acceptors (Lipinski definition) is 5. The second kappa shape index (κ2) is 7.74. The third kappa shape index (κ3) is 4.55. The number of benzene rings is 2. The van der Waals surface area contributed by atoms with Crippen LogP contribution >= 0.6 is 0 Å². The molecule has 7 heteroatoms. The molecule has 0 aliphatic rings. The van der Waals surface area contributed by atoms with Crippen molar-refractivity contribution in [3.05, 3.63) is 63.7 Å². The van der Waals surface area contributed by atoms with Gasteiger partial charge in [-0.25, -0.2) is 0 Å². The molecule has 2 aromatic rings. The van der Waals surface area contributed by atoms with E-state index >= 15 is 0 Å². The predicted molar refractivity (Wildman–Crippen MR) is 87.7 cm³/mol. The van der Waals surface area contributed by atoms with Gasteiger partial charge in [-0.1, -0.05) is 18.2 Å². The topological polar surface area (TPSA) is 105 Å². The van der Waals surface area contributed by atoms with E-state index in [2.05, 4.69) is 5.32 Å². The van der Waals surface area contributed by atoms with Crippen LogP contribution in [0.5, 0.6) is 5.75 Å². The summed E-state index contributed by atoms with van der Waals surface area (Å²) in [5.41, 5.74) is 1.86. The molecule has 0 atom stereocenters. The van der Waals surface area contributed by atoms with Gasteiger partial charge < -0.3 is 10.1 Å². The lowest BCUT2D eigenvalue weighted by molar-refractivity contribution is -0.384. The first-order valence-electron chi connectivity index (χ1n) is 7.13. The predicted octanol–water partition coefficient (Wildman–Crippen LogP) is 2.99. The summed E-state index contributed by atoms with van der Waals surface area (Å²) in [4.78, 5) is 22.2. The van der Waals surface area contributed by atoms with Crippen LogP contribution in [0.25, 0.3) is 0 Å². The molecule has 0 bridgehead atoms. The van der Waals surface area contributed by atoms with E-state index in [1.165, 1.54) is 12.1 Å². The van der Waals surface area contributed by atoms with E-state index in [0.29, 0.717) is 17.9 Å². The van der Waals surface area contributed by atoms with Crippen LogP contribution in [0.1, 0.15) is 11.1 Å². The number of nitro benzene ring substituents is 1. The Labute approximate surface area is 138 Å². The van der Waals surface area contributed by atoms with Crippen molar-refractivity contribution in [3.8, 4) is 11.8 Å². The smallest absolute Gasteiger partial charge is 0.271 e. The van der Waals surface area contributed by atoms with Gasteiger partial charge in [-0.15, -0.1) is 0 Å². The minimum absolute atomic E-state index is 0.0927. The largest absolute Gasteiger partial charge is 0.484 e. The Bertz CT molecular complexity index is 794. The lowest BCUT2D eigenvalue weighted by atomic mass is 10.2. The number of amides is 1. The first-order chi connectivity index (χ1) is 11.5. The molecular formula is C17H15N3O4. The molecular weight excluding hydrogens is 310 g/mol. The number of nitriles is 1. The summed E-state index contributed by atoms with van der Waals surface area (Å²) < 4.78 is 5.36. The van der Waals surface area contributed by atoms with Gasteiger partial charge in [0.1, 0.15) is 5.75 Å². The number of carbonyl (C=O) groups excluding carboxylic acids is 1. The molecule has 122 valence electrons. The average molecular weight is 325 g/mol. The van der Waals surface area contributed by atoms with Gasteiger partial charge in [0.05, 0.1) is 23.1 Å².